The Hall–Kier alpha value is -2.25. The van der Waals surface area contributed by atoms with Crippen LogP contribution in [0.25, 0.3) is 0 Å². The van der Waals surface area contributed by atoms with Crippen LogP contribution in [0.5, 0.6) is 5.75 Å². The molecule has 2 rings (SSSR count). The van der Waals surface area contributed by atoms with Crippen molar-refractivity contribution in [1.29, 1.82) is 0 Å². The van der Waals surface area contributed by atoms with E-state index in [-0.39, 0.29) is 31.1 Å². The van der Waals surface area contributed by atoms with Gasteiger partial charge < -0.3 is 10.1 Å². The number of hydrogen-bond acceptors (Lipinski definition) is 6. The SMILES string of the molecule is C[C@@H]1CCC[C@H](C)N1CC(=O)NCCC(=O)Oc1c(F)c(F)c(S(=O)(=O)O)c(F)c1F. The van der Waals surface area contributed by atoms with Crippen LogP contribution in [0.1, 0.15) is 39.5 Å². The number of rotatable bonds is 7. The molecule has 0 unspecified atom stereocenters. The van der Waals surface area contributed by atoms with Gasteiger partial charge in [0.05, 0.1) is 13.0 Å². The van der Waals surface area contributed by atoms with Crippen molar-refractivity contribution in [2.45, 2.75) is 56.5 Å². The number of halogens is 4. The molecule has 1 aromatic carbocycles. The number of likely N-dealkylation sites (tertiary alicyclic amines) is 1. The second-order valence-electron chi connectivity index (χ2n) is 7.26. The summed E-state index contributed by atoms with van der Waals surface area (Å²) in [5.74, 6) is -13.0. The van der Waals surface area contributed by atoms with Crippen LogP contribution in [0.4, 0.5) is 17.6 Å². The lowest BCUT2D eigenvalue weighted by molar-refractivity contribution is -0.134. The summed E-state index contributed by atoms with van der Waals surface area (Å²) in [6.45, 7) is 3.81. The minimum atomic E-state index is -5.62. The van der Waals surface area contributed by atoms with Gasteiger partial charge in [-0.2, -0.15) is 17.2 Å². The number of carbonyl (C=O) groups is 2. The Kier molecular flexibility index (Phi) is 8.00. The molecule has 13 heteroatoms. The lowest BCUT2D eigenvalue weighted by Gasteiger charge is -2.38. The number of ether oxygens (including phenoxy) is 1. The van der Waals surface area contributed by atoms with E-state index < -0.39 is 56.4 Å². The Morgan fingerprint density at radius 2 is 1.58 bits per heavy atom. The maximum absolute atomic E-state index is 13.9. The third-order valence-electron chi connectivity index (χ3n) is 5.01. The molecule has 0 radical (unpaired) electrons. The highest BCUT2D eigenvalue weighted by Gasteiger charge is 2.34. The quantitative estimate of drug-likeness (QED) is 0.206. The van der Waals surface area contributed by atoms with E-state index in [1.807, 2.05) is 18.7 Å². The fraction of sp³-hybridized carbons (Fsp3) is 0.556. The molecule has 0 bridgehead atoms. The van der Waals surface area contributed by atoms with Crippen LogP contribution in [0.3, 0.4) is 0 Å². The Labute approximate surface area is 176 Å². The first kappa shape index (κ1) is 25.0. The van der Waals surface area contributed by atoms with Crippen LogP contribution in [-0.2, 0) is 19.7 Å². The summed E-state index contributed by atoms with van der Waals surface area (Å²) < 4.78 is 89.9. The molecular weight excluding hydrogens is 448 g/mol. The molecule has 8 nitrogen and oxygen atoms in total. The van der Waals surface area contributed by atoms with E-state index >= 15 is 0 Å². The molecule has 1 amide bonds. The number of hydrogen-bond donors (Lipinski definition) is 2. The number of benzene rings is 1. The molecule has 1 saturated heterocycles. The van der Waals surface area contributed by atoms with Crippen molar-refractivity contribution in [3.8, 4) is 5.75 Å². The van der Waals surface area contributed by atoms with Crippen LogP contribution in [0, 0.1) is 23.3 Å². The number of carbonyl (C=O) groups excluding carboxylic acids is 2. The second kappa shape index (κ2) is 9.92. The smallest absolute Gasteiger partial charge is 0.313 e. The zero-order valence-corrected chi connectivity index (χ0v) is 17.6. The predicted octanol–water partition coefficient (Wildman–Crippen LogP) is 2.16. The first-order valence-corrected chi connectivity index (χ1v) is 10.8. The molecule has 2 N–H and O–H groups in total. The predicted molar refractivity (Wildman–Crippen MR) is 98.8 cm³/mol. The van der Waals surface area contributed by atoms with Gasteiger partial charge in [0.2, 0.25) is 23.3 Å². The number of nitrogens with zero attached hydrogens (tertiary/aromatic N) is 1. The Balaban J connectivity index is 1.97. The van der Waals surface area contributed by atoms with E-state index in [1.54, 1.807) is 0 Å². The van der Waals surface area contributed by atoms with Crippen molar-refractivity contribution in [2.24, 2.45) is 0 Å². The molecule has 174 valence electrons. The highest BCUT2D eigenvalue weighted by Crippen LogP contribution is 2.32. The van der Waals surface area contributed by atoms with Gasteiger partial charge in [-0.25, -0.2) is 8.78 Å². The molecule has 0 spiro atoms. The Bertz CT molecular complexity index is 933. The van der Waals surface area contributed by atoms with Crippen LogP contribution in [0.15, 0.2) is 4.90 Å². The van der Waals surface area contributed by atoms with Gasteiger partial charge >= 0.3 is 16.1 Å². The standard InChI is InChI=1S/C18H22F4N2O6S/c1-9-4-3-5-10(2)24(9)8-11(25)23-7-6-12(26)30-17-13(19)15(21)18(31(27,28)29)16(22)14(17)20/h9-10H,3-8H2,1-2H3,(H,23,25)(H,27,28,29)/t9-,10+. The molecule has 2 atom stereocenters. The summed E-state index contributed by atoms with van der Waals surface area (Å²) in [4.78, 5) is 23.6. The fourth-order valence-electron chi connectivity index (χ4n) is 3.38. The van der Waals surface area contributed by atoms with E-state index in [9.17, 15) is 35.6 Å². The van der Waals surface area contributed by atoms with Crippen molar-refractivity contribution in [1.82, 2.24) is 10.2 Å². The number of amides is 1. The highest BCUT2D eigenvalue weighted by molar-refractivity contribution is 7.85. The topological polar surface area (TPSA) is 113 Å². The van der Waals surface area contributed by atoms with E-state index in [2.05, 4.69) is 10.1 Å². The monoisotopic (exact) mass is 470 g/mol. The van der Waals surface area contributed by atoms with E-state index in [0.717, 1.165) is 19.3 Å². The lowest BCUT2D eigenvalue weighted by atomic mass is 9.97. The zero-order chi connectivity index (χ0) is 23.5. The van der Waals surface area contributed by atoms with E-state index in [0.29, 0.717) is 0 Å². The minimum absolute atomic E-state index is 0.0914. The minimum Gasteiger partial charge on any atom is -0.420 e. The molecule has 1 heterocycles. The third kappa shape index (κ3) is 5.92. The van der Waals surface area contributed by atoms with Crippen molar-refractivity contribution in [2.75, 3.05) is 13.1 Å². The normalized spacial score (nSPS) is 19.8. The lowest BCUT2D eigenvalue weighted by Crippen LogP contribution is -2.48. The molecule has 1 aliphatic heterocycles. The summed E-state index contributed by atoms with van der Waals surface area (Å²) in [5, 5.41) is 2.44. The molecular formula is C18H22F4N2O6S. The summed E-state index contributed by atoms with van der Waals surface area (Å²) in [6, 6.07) is 0.418. The molecule has 0 aromatic heterocycles. The van der Waals surface area contributed by atoms with Gasteiger partial charge in [-0.15, -0.1) is 0 Å². The van der Waals surface area contributed by atoms with Gasteiger partial charge in [0, 0.05) is 18.6 Å². The van der Waals surface area contributed by atoms with Gasteiger partial charge in [0.1, 0.15) is 0 Å². The van der Waals surface area contributed by atoms with Crippen LogP contribution in [0.2, 0.25) is 0 Å². The van der Waals surface area contributed by atoms with Crippen LogP contribution >= 0.6 is 0 Å². The number of esters is 1. The fourth-order valence-corrected chi connectivity index (χ4v) is 4.02. The van der Waals surface area contributed by atoms with Crippen molar-refractivity contribution >= 4 is 22.0 Å². The number of nitrogens with one attached hydrogen (secondary N) is 1. The van der Waals surface area contributed by atoms with E-state index in [1.165, 1.54) is 0 Å². The summed E-state index contributed by atoms with van der Waals surface area (Å²) >= 11 is 0. The summed E-state index contributed by atoms with van der Waals surface area (Å²) in [6.07, 6.45) is 2.37. The van der Waals surface area contributed by atoms with Gasteiger partial charge in [-0.05, 0) is 26.7 Å². The maximum Gasteiger partial charge on any atom is 0.313 e. The first-order chi connectivity index (χ1) is 14.3. The Morgan fingerprint density at radius 3 is 2.06 bits per heavy atom. The molecule has 31 heavy (non-hydrogen) atoms. The van der Waals surface area contributed by atoms with Crippen molar-refractivity contribution < 1.29 is 44.9 Å². The molecule has 0 saturated carbocycles. The van der Waals surface area contributed by atoms with E-state index in [4.69, 9.17) is 4.55 Å². The summed E-state index contributed by atoms with van der Waals surface area (Å²) in [7, 11) is -5.62. The average Bonchev–Trinajstić information content (AvgIpc) is 2.66. The largest absolute Gasteiger partial charge is 0.420 e. The Morgan fingerprint density at radius 1 is 1.06 bits per heavy atom. The highest BCUT2D eigenvalue weighted by atomic mass is 32.2. The average molecular weight is 470 g/mol. The summed E-state index contributed by atoms with van der Waals surface area (Å²) in [5.41, 5.74) is 0. The van der Waals surface area contributed by atoms with Gasteiger partial charge in [0.25, 0.3) is 0 Å². The van der Waals surface area contributed by atoms with Gasteiger partial charge in [-0.3, -0.25) is 19.0 Å². The first-order valence-electron chi connectivity index (χ1n) is 9.41. The number of piperidine rings is 1. The van der Waals surface area contributed by atoms with Crippen LogP contribution < -0.4 is 10.1 Å². The second-order valence-corrected chi connectivity index (χ2v) is 8.62. The van der Waals surface area contributed by atoms with Gasteiger partial charge in [-0.1, -0.05) is 6.42 Å². The van der Waals surface area contributed by atoms with Crippen molar-refractivity contribution in [3.63, 3.8) is 0 Å². The molecule has 0 aliphatic carbocycles. The van der Waals surface area contributed by atoms with Gasteiger partial charge in [0.15, 0.2) is 16.5 Å². The maximum atomic E-state index is 13.9. The van der Waals surface area contributed by atoms with Crippen molar-refractivity contribution in [3.05, 3.63) is 23.3 Å². The zero-order valence-electron chi connectivity index (χ0n) is 16.8. The third-order valence-corrected chi connectivity index (χ3v) is 5.88. The molecule has 1 aliphatic rings. The molecule has 1 fully saturated rings. The molecule has 1 aromatic rings. The van der Waals surface area contributed by atoms with Crippen LogP contribution in [-0.4, -0.2) is 54.9 Å².